The lowest BCUT2D eigenvalue weighted by molar-refractivity contribution is 0.386. The third-order valence-corrected chi connectivity index (χ3v) is 3.60. The van der Waals surface area contributed by atoms with Crippen LogP contribution in [0.1, 0.15) is 20.3 Å². The van der Waals surface area contributed by atoms with Crippen molar-refractivity contribution in [2.45, 2.75) is 26.3 Å². The van der Waals surface area contributed by atoms with E-state index < -0.39 is 0 Å². The Hall–Kier alpha value is -1.29. The van der Waals surface area contributed by atoms with Crippen LogP contribution in [0.3, 0.4) is 0 Å². The fraction of sp³-hybridized carbons (Fsp3) is 0.600. The molecule has 3 nitrogen and oxygen atoms in total. The van der Waals surface area contributed by atoms with E-state index >= 15 is 0 Å². The fourth-order valence-electron chi connectivity index (χ4n) is 2.48. The topological polar surface area (TPSA) is 24.5 Å². The molecule has 1 aromatic carbocycles. The highest BCUT2D eigenvalue weighted by atomic mass is 19.1. The summed E-state index contributed by atoms with van der Waals surface area (Å²) in [5.74, 6) is 0.683. The number of benzene rings is 1. The number of halogens is 1. The molecule has 1 N–H and O–H groups in total. The molecule has 1 fully saturated rings. The summed E-state index contributed by atoms with van der Waals surface area (Å²) in [4.78, 5) is 2.30. The minimum Gasteiger partial charge on any atom is -0.494 e. The van der Waals surface area contributed by atoms with E-state index in [4.69, 9.17) is 4.74 Å². The average Bonchev–Trinajstić information content (AvgIpc) is 2.86. The molecule has 0 amide bonds. The fourth-order valence-corrected chi connectivity index (χ4v) is 2.48. The van der Waals surface area contributed by atoms with Gasteiger partial charge in [0.25, 0.3) is 0 Å². The van der Waals surface area contributed by atoms with Crippen LogP contribution >= 0.6 is 0 Å². The molecule has 19 heavy (non-hydrogen) atoms. The number of methoxy groups -OCH3 is 1. The summed E-state index contributed by atoms with van der Waals surface area (Å²) in [6.07, 6.45) is 1.18. The second-order valence-corrected chi connectivity index (χ2v) is 5.48. The summed E-state index contributed by atoms with van der Waals surface area (Å²) < 4.78 is 18.4. The molecule has 0 radical (unpaired) electrons. The summed E-state index contributed by atoms with van der Waals surface area (Å²) in [6.45, 7) is 7.43. The predicted molar refractivity (Wildman–Crippen MR) is 76.4 cm³/mol. The molecule has 4 heteroatoms. The van der Waals surface area contributed by atoms with Crippen molar-refractivity contribution < 1.29 is 9.13 Å². The molecule has 1 aliphatic heterocycles. The molecule has 0 spiro atoms. The van der Waals surface area contributed by atoms with Crippen molar-refractivity contribution in [3.63, 3.8) is 0 Å². The Morgan fingerprint density at radius 3 is 2.95 bits per heavy atom. The smallest absolute Gasteiger partial charge is 0.165 e. The zero-order chi connectivity index (χ0) is 13.8. The summed E-state index contributed by atoms with van der Waals surface area (Å²) in [5.41, 5.74) is 1.05. The predicted octanol–water partition coefficient (Wildman–Crippen LogP) is 2.66. The van der Waals surface area contributed by atoms with Crippen molar-refractivity contribution in [3.05, 3.63) is 24.0 Å². The Morgan fingerprint density at radius 1 is 1.47 bits per heavy atom. The number of rotatable bonds is 5. The van der Waals surface area contributed by atoms with Crippen LogP contribution in [0.25, 0.3) is 0 Å². The largest absolute Gasteiger partial charge is 0.494 e. The SMILES string of the molecule is COc1cc(N2CCC(CNC(C)C)C2)ccc1F. The Morgan fingerprint density at radius 2 is 2.26 bits per heavy atom. The number of hydrogen-bond acceptors (Lipinski definition) is 3. The first kappa shape index (κ1) is 14.1. The monoisotopic (exact) mass is 266 g/mol. The maximum atomic E-state index is 13.4. The molecule has 1 atom stereocenters. The number of nitrogens with zero attached hydrogens (tertiary/aromatic N) is 1. The number of ether oxygens (including phenoxy) is 1. The molecular formula is C15H23FN2O. The number of nitrogens with one attached hydrogen (secondary N) is 1. The van der Waals surface area contributed by atoms with Crippen LogP contribution in [-0.2, 0) is 0 Å². The number of hydrogen-bond donors (Lipinski definition) is 1. The minimum atomic E-state index is -0.302. The van der Waals surface area contributed by atoms with Gasteiger partial charge in [0.2, 0.25) is 0 Å². The second kappa shape index (κ2) is 6.24. The molecule has 1 aliphatic rings. The van der Waals surface area contributed by atoms with Gasteiger partial charge < -0.3 is 15.0 Å². The van der Waals surface area contributed by atoms with Crippen molar-refractivity contribution in [2.75, 3.05) is 31.6 Å². The van der Waals surface area contributed by atoms with Crippen LogP contribution in [0, 0.1) is 11.7 Å². The number of anilines is 1. The molecule has 1 heterocycles. The maximum Gasteiger partial charge on any atom is 0.165 e. The van der Waals surface area contributed by atoms with Gasteiger partial charge in [-0.2, -0.15) is 0 Å². The highest BCUT2D eigenvalue weighted by molar-refractivity contribution is 5.52. The first-order valence-electron chi connectivity index (χ1n) is 6.92. The summed E-state index contributed by atoms with van der Waals surface area (Å²) in [7, 11) is 1.50. The molecule has 1 unspecified atom stereocenters. The van der Waals surface area contributed by atoms with Crippen LogP contribution < -0.4 is 15.0 Å². The van der Waals surface area contributed by atoms with E-state index in [1.165, 1.54) is 19.6 Å². The van der Waals surface area contributed by atoms with Crippen molar-refractivity contribution in [2.24, 2.45) is 5.92 Å². The molecule has 0 bridgehead atoms. The normalized spacial score (nSPS) is 19.2. The van der Waals surface area contributed by atoms with Crippen LogP contribution in [0.15, 0.2) is 18.2 Å². The molecule has 0 aromatic heterocycles. The van der Waals surface area contributed by atoms with E-state index in [9.17, 15) is 4.39 Å². The van der Waals surface area contributed by atoms with E-state index in [1.54, 1.807) is 6.07 Å². The van der Waals surface area contributed by atoms with Gasteiger partial charge in [0.1, 0.15) is 0 Å². The Labute approximate surface area is 114 Å². The van der Waals surface area contributed by atoms with Crippen LogP contribution in [0.5, 0.6) is 5.75 Å². The maximum absolute atomic E-state index is 13.4. The molecular weight excluding hydrogens is 243 g/mol. The van der Waals surface area contributed by atoms with Crippen molar-refractivity contribution >= 4 is 5.69 Å². The van der Waals surface area contributed by atoms with E-state index in [1.807, 2.05) is 6.07 Å². The molecule has 2 rings (SSSR count). The standard InChI is InChI=1S/C15H23FN2O/c1-11(2)17-9-12-6-7-18(10-12)13-4-5-14(16)15(8-13)19-3/h4-5,8,11-12,17H,6-7,9-10H2,1-3H3. The van der Waals surface area contributed by atoms with E-state index in [0.717, 1.165) is 25.3 Å². The van der Waals surface area contributed by atoms with Crippen molar-refractivity contribution in [1.82, 2.24) is 5.32 Å². The Kier molecular flexibility index (Phi) is 4.64. The van der Waals surface area contributed by atoms with Crippen LogP contribution in [0.2, 0.25) is 0 Å². The van der Waals surface area contributed by atoms with Gasteiger partial charge in [0, 0.05) is 30.9 Å². The third-order valence-electron chi connectivity index (χ3n) is 3.60. The molecule has 0 aliphatic carbocycles. The average molecular weight is 266 g/mol. The van der Waals surface area contributed by atoms with Gasteiger partial charge in [-0.25, -0.2) is 4.39 Å². The zero-order valence-corrected chi connectivity index (χ0v) is 11.9. The highest BCUT2D eigenvalue weighted by Crippen LogP contribution is 2.28. The molecule has 1 saturated heterocycles. The van der Waals surface area contributed by atoms with Crippen molar-refractivity contribution in [1.29, 1.82) is 0 Å². The quantitative estimate of drug-likeness (QED) is 0.886. The third kappa shape index (κ3) is 3.60. The zero-order valence-electron chi connectivity index (χ0n) is 11.9. The molecule has 1 aromatic rings. The van der Waals surface area contributed by atoms with Crippen LogP contribution in [0.4, 0.5) is 10.1 Å². The van der Waals surface area contributed by atoms with E-state index in [0.29, 0.717) is 17.7 Å². The highest BCUT2D eigenvalue weighted by Gasteiger charge is 2.23. The van der Waals surface area contributed by atoms with Crippen LogP contribution in [-0.4, -0.2) is 32.8 Å². The summed E-state index contributed by atoms with van der Waals surface area (Å²) >= 11 is 0. The minimum absolute atomic E-state index is 0.302. The van der Waals surface area contributed by atoms with Gasteiger partial charge in [-0.15, -0.1) is 0 Å². The van der Waals surface area contributed by atoms with E-state index in [-0.39, 0.29) is 5.82 Å². The molecule has 106 valence electrons. The Balaban J connectivity index is 1.96. The van der Waals surface area contributed by atoms with Gasteiger partial charge in [-0.3, -0.25) is 0 Å². The Bertz CT molecular complexity index is 423. The lowest BCUT2D eigenvalue weighted by Gasteiger charge is -2.20. The summed E-state index contributed by atoms with van der Waals surface area (Å²) in [6, 6.07) is 5.62. The lowest BCUT2D eigenvalue weighted by Crippen LogP contribution is -2.30. The van der Waals surface area contributed by atoms with Gasteiger partial charge in [0.15, 0.2) is 11.6 Å². The second-order valence-electron chi connectivity index (χ2n) is 5.48. The van der Waals surface area contributed by atoms with Gasteiger partial charge in [0.05, 0.1) is 7.11 Å². The molecule has 0 saturated carbocycles. The van der Waals surface area contributed by atoms with Gasteiger partial charge in [-0.05, 0) is 31.0 Å². The van der Waals surface area contributed by atoms with Gasteiger partial charge in [-0.1, -0.05) is 13.8 Å². The lowest BCUT2D eigenvalue weighted by atomic mass is 10.1. The first-order valence-corrected chi connectivity index (χ1v) is 6.92. The van der Waals surface area contributed by atoms with Gasteiger partial charge >= 0.3 is 0 Å². The van der Waals surface area contributed by atoms with Crippen molar-refractivity contribution in [3.8, 4) is 5.75 Å². The van der Waals surface area contributed by atoms with E-state index in [2.05, 4.69) is 24.1 Å². The summed E-state index contributed by atoms with van der Waals surface area (Å²) in [5, 5.41) is 3.48. The first-order chi connectivity index (χ1) is 9.10.